The van der Waals surface area contributed by atoms with Crippen LogP contribution in [0.25, 0.3) is 0 Å². The van der Waals surface area contributed by atoms with E-state index >= 15 is 0 Å². The average Bonchev–Trinajstić information content (AvgIpc) is 1.98. The van der Waals surface area contributed by atoms with Crippen LogP contribution in [0, 0.1) is 4.77 Å². The molecule has 0 saturated carbocycles. The molecule has 0 aliphatic carbocycles. The molecule has 0 spiro atoms. The third-order valence-corrected chi connectivity index (χ3v) is 2.38. The van der Waals surface area contributed by atoms with Gasteiger partial charge in [-0.05, 0) is 33.0 Å². The minimum atomic E-state index is -0.0808. The molecule has 3 nitrogen and oxygen atoms in total. The Bertz CT molecular complexity index is 422. The molecule has 0 aliphatic heterocycles. The second kappa shape index (κ2) is 3.10. The molecule has 0 radical (unpaired) electrons. The molecule has 0 atom stereocenters. The summed E-state index contributed by atoms with van der Waals surface area (Å²) in [5.74, 6) is 0. The van der Waals surface area contributed by atoms with E-state index in [9.17, 15) is 4.79 Å². The van der Waals surface area contributed by atoms with Crippen molar-refractivity contribution in [2.45, 2.75) is 26.3 Å². The lowest BCUT2D eigenvalue weighted by Crippen LogP contribution is -2.29. The van der Waals surface area contributed by atoms with Gasteiger partial charge < -0.3 is 4.57 Å². The third-order valence-electron chi connectivity index (χ3n) is 1.91. The maximum atomic E-state index is 11.2. The van der Waals surface area contributed by atoms with Gasteiger partial charge in [0.25, 0.3) is 5.56 Å². The van der Waals surface area contributed by atoms with Crippen LogP contribution in [0.5, 0.6) is 0 Å². The molecule has 1 aromatic heterocycles. The standard InChI is InChI=1S/C9H14N2OS/c1-9(2,3)11-6-5-7(12)10(4)8(11)13/h5-6H,1-4H3. The van der Waals surface area contributed by atoms with Crippen LogP contribution in [-0.4, -0.2) is 9.13 Å². The van der Waals surface area contributed by atoms with Crippen LogP contribution >= 0.6 is 12.2 Å². The molecule has 1 heterocycles. The van der Waals surface area contributed by atoms with Crippen LogP contribution < -0.4 is 5.56 Å². The Morgan fingerprint density at radius 1 is 1.38 bits per heavy atom. The van der Waals surface area contributed by atoms with E-state index in [1.54, 1.807) is 13.2 Å². The summed E-state index contributed by atoms with van der Waals surface area (Å²) in [7, 11) is 1.69. The smallest absolute Gasteiger partial charge is 0.253 e. The molecule has 0 fully saturated rings. The first-order chi connectivity index (χ1) is 5.84. The molecule has 0 bridgehead atoms. The van der Waals surface area contributed by atoms with Crippen molar-refractivity contribution in [1.82, 2.24) is 9.13 Å². The fraction of sp³-hybridized carbons (Fsp3) is 0.556. The highest BCUT2D eigenvalue weighted by atomic mass is 32.1. The zero-order chi connectivity index (χ0) is 10.2. The van der Waals surface area contributed by atoms with E-state index in [0.717, 1.165) is 0 Å². The molecular weight excluding hydrogens is 184 g/mol. The second-order valence-electron chi connectivity index (χ2n) is 4.04. The Morgan fingerprint density at radius 2 is 1.92 bits per heavy atom. The van der Waals surface area contributed by atoms with Gasteiger partial charge in [0.2, 0.25) is 0 Å². The summed E-state index contributed by atoms with van der Waals surface area (Å²) >= 11 is 5.15. The molecule has 4 heteroatoms. The molecule has 72 valence electrons. The van der Waals surface area contributed by atoms with Crippen LogP contribution in [0.3, 0.4) is 0 Å². The van der Waals surface area contributed by atoms with Crippen molar-refractivity contribution < 1.29 is 0 Å². The number of hydrogen-bond acceptors (Lipinski definition) is 2. The lowest BCUT2D eigenvalue weighted by molar-refractivity contribution is 0.376. The highest BCUT2D eigenvalue weighted by Crippen LogP contribution is 2.12. The summed E-state index contributed by atoms with van der Waals surface area (Å²) < 4.78 is 3.93. The van der Waals surface area contributed by atoms with E-state index in [1.807, 2.05) is 25.3 Å². The van der Waals surface area contributed by atoms with Crippen molar-refractivity contribution in [3.05, 3.63) is 27.4 Å². The van der Waals surface area contributed by atoms with Crippen molar-refractivity contribution >= 4 is 12.2 Å². The van der Waals surface area contributed by atoms with Gasteiger partial charge in [0, 0.05) is 24.8 Å². The minimum absolute atomic E-state index is 0.0644. The average molecular weight is 198 g/mol. The fourth-order valence-corrected chi connectivity index (χ4v) is 1.50. The number of rotatable bonds is 0. The summed E-state index contributed by atoms with van der Waals surface area (Å²) in [5.41, 5.74) is -0.145. The Labute approximate surface area is 82.6 Å². The van der Waals surface area contributed by atoms with Gasteiger partial charge in [0.15, 0.2) is 4.77 Å². The Morgan fingerprint density at radius 3 is 2.38 bits per heavy atom. The van der Waals surface area contributed by atoms with Gasteiger partial charge in [-0.25, -0.2) is 0 Å². The topological polar surface area (TPSA) is 26.9 Å². The summed E-state index contributed by atoms with van der Waals surface area (Å²) in [6.07, 6.45) is 1.74. The zero-order valence-electron chi connectivity index (χ0n) is 8.37. The lowest BCUT2D eigenvalue weighted by Gasteiger charge is -2.23. The molecule has 0 aliphatic rings. The molecule has 0 amide bonds. The van der Waals surface area contributed by atoms with Gasteiger partial charge in [-0.15, -0.1) is 0 Å². The van der Waals surface area contributed by atoms with E-state index in [2.05, 4.69) is 0 Å². The van der Waals surface area contributed by atoms with E-state index in [1.165, 1.54) is 10.6 Å². The van der Waals surface area contributed by atoms with Gasteiger partial charge in [-0.1, -0.05) is 0 Å². The zero-order valence-corrected chi connectivity index (χ0v) is 9.18. The van der Waals surface area contributed by atoms with Crippen LogP contribution in [0.1, 0.15) is 20.8 Å². The molecule has 1 rings (SSSR count). The molecule has 1 aromatic rings. The number of nitrogens with zero attached hydrogens (tertiary/aromatic N) is 2. The van der Waals surface area contributed by atoms with E-state index in [4.69, 9.17) is 12.2 Å². The number of hydrogen-bond donors (Lipinski definition) is 0. The van der Waals surface area contributed by atoms with Crippen molar-refractivity contribution in [2.24, 2.45) is 7.05 Å². The first kappa shape index (κ1) is 10.2. The van der Waals surface area contributed by atoms with Gasteiger partial charge in [-0.3, -0.25) is 9.36 Å². The van der Waals surface area contributed by atoms with E-state index in [0.29, 0.717) is 4.77 Å². The van der Waals surface area contributed by atoms with E-state index in [-0.39, 0.29) is 11.1 Å². The Balaban J connectivity index is 3.54. The normalized spacial score (nSPS) is 11.7. The van der Waals surface area contributed by atoms with Crippen LogP contribution in [0.4, 0.5) is 0 Å². The molecule has 0 aromatic carbocycles. The largest absolute Gasteiger partial charge is 0.320 e. The van der Waals surface area contributed by atoms with Crippen LogP contribution in [0.2, 0.25) is 0 Å². The Kier molecular flexibility index (Phi) is 2.43. The highest BCUT2D eigenvalue weighted by Gasteiger charge is 2.13. The maximum Gasteiger partial charge on any atom is 0.253 e. The third kappa shape index (κ3) is 1.88. The van der Waals surface area contributed by atoms with Gasteiger partial charge in [0.1, 0.15) is 0 Å². The van der Waals surface area contributed by atoms with Crippen molar-refractivity contribution in [1.29, 1.82) is 0 Å². The molecule has 13 heavy (non-hydrogen) atoms. The van der Waals surface area contributed by atoms with Crippen molar-refractivity contribution in [2.75, 3.05) is 0 Å². The van der Waals surface area contributed by atoms with Crippen LogP contribution in [-0.2, 0) is 12.6 Å². The van der Waals surface area contributed by atoms with Gasteiger partial charge in [-0.2, -0.15) is 0 Å². The predicted octanol–water partition coefficient (Wildman–Crippen LogP) is 1.67. The SMILES string of the molecule is Cn1c(=O)ccn(C(C)(C)C)c1=S. The summed E-state index contributed by atoms with van der Waals surface area (Å²) in [6, 6.07) is 1.53. The first-order valence-electron chi connectivity index (χ1n) is 4.13. The first-order valence-corrected chi connectivity index (χ1v) is 4.54. The molecule has 0 unspecified atom stereocenters. The van der Waals surface area contributed by atoms with Gasteiger partial charge >= 0.3 is 0 Å². The minimum Gasteiger partial charge on any atom is -0.320 e. The second-order valence-corrected chi connectivity index (χ2v) is 4.40. The van der Waals surface area contributed by atoms with Crippen molar-refractivity contribution in [3.8, 4) is 0 Å². The monoisotopic (exact) mass is 198 g/mol. The predicted molar refractivity (Wildman–Crippen MR) is 55.5 cm³/mol. The summed E-state index contributed by atoms with van der Waals surface area (Å²) in [5, 5.41) is 0. The molecule has 0 saturated heterocycles. The highest BCUT2D eigenvalue weighted by molar-refractivity contribution is 7.71. The number of aromatic nitrogens is 2. The maximum absolute atomic E-state index is 11.2. The molecule has 0 N–H and O–H groups in total. The van der Waals surface area contributed by atoms with Crippen molar-refractivity contribution in [3.63, 3.8) is 0 Å². The molecular formula is C9H14N2OS. The Hall–Kier alpha value is -0.900. The fourth-order valence-electron chi connectivity index (χ4n) is 1.08. The van der Waals surface area contributed by atoms with Gasteiger partial charge in [0.05, 0.1) is 0 Å². The van der Waals surface area contributed by atoms with E-state index < -0.39 is 0 Å². The summed E-state index contributed by atoms with van der Waals surface area (Å²) in [6.45, 7) is 6.15. The summed E-state index contributed by atoms with van der Waals surface area (Å²) in [4.78, 5) is 11.2. The lowest BCUT2D eigenvalue weighted by atomic mass is 10.1. The quantitative estimate of drug-likeness (QED) is 0.593. The van der Waals surface area contributed by atoms with Crippen LogP contribution in [0.15, 0.2) is 17.1 Å².